The predicted molar refractivity (Wildman–Crippen MR) is 130 cm³/mol. The molecule has 1 heterocycles. The van der Waals surface area contributed by atoms with Gasteiger partial charge in [-0.15, -0.1) is 0 Å². The summed E-state index contributed by atoms with van der Waals surface area (Å²) < 4.78 is 39.2. The van der Waals surface area contributed by atoms with E-state index < -0.39 is 28.6 Å². The standard InChI is InChI=1S/C26H25ClF3N3O3/c27-22-23(25(36)33(24(22)35)20-9-5-6-17(15-20)26(28,29)30)32-19-12-10-16(11-13-19)14-21(34)31-18-7-3-1-2-4-8-18/h5-6,9-13,15,18,32H,1-4,7-8,14H2,(H,31,34). The van der Waals surface area contributed by atoms with Crippen molar-refractivity contribution in [1.29, 1.82) is 0 Å². The van der Waals surface area contributed by atoms with Crippen molar-refractivity contribution in [3.05, 3.63) is 70.4 Å². The average molecular weight is 520 g/mol. The van der Waals surface area contributed by atoms with Crippen molar-refractivity contribution in [2.24, 2.45) is 0 Å². The van der Waals surface area contributed by atoms with E-state index in [4.69, 9.17) is 11.6 Å². The number of nitrogens with one attached hydrogen (secondary N) is 2. The Morgan fingerprint density at radius 3 is 2.28 bits per heavy atom. The van der Waals surface area contributed by atoms with Crippen LogP contribution in [0.2, 0.25) is 0 Å². The summed E-state index contributed by atoms with van der Waals surface area (Å²) in [5.74, 6) is -1.84. The van der Waals surface area contributed by atoms with E-state index in [9.17, 15) is 27.6 Å². The number of imide groups is 1. The first-order valence-electron chi connectivity index (χ1n) is 11.7. The van der Waals surface area contributed by atoms with Crippen molar-refractivity contribution in [2.45, 2.75) is 57.2 Å². The van der Waals surface area contributed by atoms with Crippen molar-refractivity contribution in [1.82, 2.24) is 5.32 Å². The van der Waals surface area contributed by atoms with Gasteiger partial charge >= 0.3 is 6.18 Å². The zero-order chi connectivity index (χ0) is 25.9. The van der Waals surface area contributed by atoms with Crippen LogP contribution in [-0.2, 0) is 27.0 Å². The van der Waals surface area contributed by atoms with Crippen LogP contribution in [0.1, 0.15) is 49.7 Å². The van der Waals surface area contributed by atoms with Crippen LogP contribution in [0.5, 0.6) is 0 Å². The predicted octanol–water partition coefficient (Wildman–Crippen LogP) is 5.52. The van der Waals surface area contributed by atoms with Crippen LogP contribution in [-0.4, -0.2) is 23.8 Å². The quantitative estimate of drug-likeness (QED) is 0.389. The van der Waals surface area contributed by atoms with Crippen molar-refractivity contribution >= 4 is 40.7 Å². The summed E-state index contributed by atoms with van der Waals surface area (Å²) in [6, 6.07) is 10.8. The summed E-state index contributed by atoms with van der Waals surface area (Å²) in [6.45, 7) is 0. The topological polar surface area (TPSA) is 78.5 Å². The van der Waals surface area contributed by atoms with Gasteiger partial charge in [0, 0.05) is 11.7 Å². The molecular formula is C26H25ClF3N3O3. The molecule has 2 N–H and O–H groups in total. The summed E-state index contributed by atoms with van der Waals surface area (Å²) in [7, 11) is 0. The highest BCUT2D eigenvalue weighted by Gasteiger charge is 2.40. The molecule has 6 nitrogen and oxygen atoms in total. The van der Waals surface area contributed by atoms with E-state index in [1.807, 2.05) is 0 Å². The maximum atomic E-state index is 13.1. The van der Waals surface area contributed by atoms with E-state index in [-0.39, 0.29) is 29.8 Å². The molecule has 1 aliphatic heterocycles. The number of carbonyl (C=O) groups is 3. The van der Waals surface area contributed by atoms with E-state index in [1.54, 1.807) is 24.3 Å². The first kappa shape index (κ1) is 25.8. The van der Waals surface area contributed by atoms with Gasteiger partial charge in [0.2, 0.25) is 5.91 Å². The zero-order valence-electron chi connectivity index (χ0n) is 19.3. The van der Waals surface area contributed by atoms with Gasteiger partial charge in [-0.1, -0.05) is 55.5 Å². The average Bonchev–Trinajstić information content (AvgIpc) is 3.01. The molecule has 2 aromatic rings. The number of hydrogen-bond acceptors (Lipinski definition) is 4. The largest absolute Gasteiger partial charge is 0.416 e. The number of hydrogen-bond donors (Lipinski definition) is 2. The Bertz CT molecular complexity index is 1190. The number of halogens is 4. The third-order valence-corrected chi connectivity index (χ3v) is 6.62. The maximum absolute atomic E-state index is 13.1. The molecule has 190 valence electrons. The zero-order valence-corrected chi connectivity index (χ0v) is 20.1. The first-order chi connectivity index (χ1) is 17.1. The second-order valence-electron chi connectivity index (χ2n) is 8.94. The molecule has 2 aromatic carbocycles. The SMILES string of the molecule is O=C(Cc1ccc(NC2=C(Cl)C(=O)N(c3cccc(C(F)(F)F)c3)C2=O)cc1)NC1CCCCCC1. The molecule has 0 aromatic heterocycles. The number of benzene rings is 2. The van der Waals surface area contributed by atoms with Gasteiger partial charge < -0.3 is 10.6 Å². The van der Waals surface area contributed by atoms with E-state index in [0.29, 0.717) is 10.6 Å². The molecule has 1 fully saturated rings. The number of alkyl halides is 3. The lowest BCUT2D eigenvalue weighted by Gasteiger charge is -2.17. The lowest BCUT2D eigenvalue weighted by molar-refractivity contribution is -0.137. The molecule has 0 radical (unpaired) electrons. The third kappa shape index (κ3) is 5.90. The minimum absolute atomic E-state index is 0.0540. The minimum atomic E-state index is -4.63. The fourth-order valence-corrected chi connectivity index (χ4v) is 4.62. The molecule has 1 aliphatic carbocycles. The van der Waals surface area contributed by atoms with Crippen LogP contribution in [0.4, 0.5) is 24.5 Å². The van der Waals surface area contributed by atoms with Crippen LogP contribution >= 0.6 is 11.6 Å². The van der Waals surface area contributed by atoms with Crippen molar-refractivity contribution in [3.63, 3.8) is 0 Å². The molecule has 36 heavy (non-hydrogen) atoms. The Labute approximate surface area is 211 Å². The van der Waals surface area contributed by atoms with E-state index in [0.717, 1.165) is 49.4 Å². The van der Waals surface area contributed by atoms with Crippen LogP contribution in [0.3, 0.4) is 0 Å². The van der Waals surface area contributed by atoms with Gasteiger partial charge in [0.05, 0.1) is 17.7 Å². The number of anilines is 2. The number of carbonyl (C=O) groups excluding carboxylic acids is 3. The van der Waals surface area contributed by atoms with Crippen LogP contribution < -0.4 is 15.5 Å². The lowest BCUT2D eigenvalue weighted by atomic mass is 10.1. The normalized spacial score (nSPS) is 17.4. The Morgan fingerprint density at radius 1 is 0.972 bits per heavy atom. The molecule has 0 bridgehead atoms. The fourth-order valence-electron chi connectivity index (χ4n) is 4.41. The molecule has 0 atom stereocenters. The van der Waals surface area contributed by atoms with Gasteiger partial charge in [-0.3, -0.25) is 14.4 Å². The summed E-state index contributed by atoms with van der Waals surface area (Å²) in [5, 5.41) is 5.45. The van der Waals surface area contributed by atoms with Crippen LogP contribution in [0.25, 0.3) is 0 Å². The van der Waals surface area contributed by atoms with Crippen molar-refractivity contribution < 1.29 is 27.6 Å². The van der Waals surface area contributed by atoms with Gasteiger partial charge in [0.25, 0.3) is 11.8 Å². The highest BCUT2D eigenvalue weighted by Crippen LogP contribution is 2.35. The summed E-state index contributed by atoms with van der Waals surface area (Å²) in [5.41, 5.74) is -0.256. The molecule has 0 saturated heterocycles. The highest BCUT2D eigenvalue weighted by molar-refractivity contribution is 6.53. The molecule has 4 rings (SSSR count). The Morgan fingerprint density at radius 2 is 1.64 bits per heavy atom. The van der Waals surface area contributed by atoms with Crippen LogP contribution in [0, 0.1) is 0 Å². The molecule has 2 aliphatic rings. The Balaban J connectivity index is 1.41. The monoisotopic (exact) mass is 519 g/mol. The van der Waals surface area contributed by atoms with Crippen molar-refractivity contribution in [3.8, 4) is 0 Å². The Kier molecular flexibility index (Phi) is 7.68. The number of nitrogens with zero attached hydrogens (tertiary/aromatic N) is 1. The summed E-state index contributed by atoms with van der Waals surface area (Å²) >= 11 is 6.08. The fraction of sp³-hybridized carbons (Fsp3) is 0.346. The molecule has 10 heteroatoms. The second kappa shape index (κ2) is 10.7. The van der Waals surface area contributed by atoms with Gasteiger partial charge in [0.1, 0.15) is 10.7 Å². The number of amides is 3. The van der Waals surface area contributed by atoms with Gasteiger partial charge in [-0.05, 0) is 48.7 Å². The van der Waals surface area contributed by atoms with Crippen molar-refractivity contribution in [2.75, 3.05) is 10.2 Å². The maximum Gasteiger partial charge on any atom is 0.416 e. The van der Waals surface area contributed by atoms with Gasteiger partial charge in [-0.2, -0.15) is 13.2 Å². The lowest BCUT2D eigenvalue weighted by Crippen LogP contribution is -2.35. The van der Waals surface area contributed by atoms with E-state index in [1.165, 1.54) is 18.9 Å². The highest BCUT2D eigenvalue weighted by atomic mass is 35.5. The van der Waals surface area contributed by atoms with Crippen LogP contribution in [0.15, 0.2) is 59.3 Å². The molecule has 0 spiro atoms. The molecule has 0 unspecified atom stereocenters. The summed E-state index contributed by atoms with van der Waals surface area (Å²) in [4.78, 5) is 38.5. The van der Waals surface area contributed by atoms with E-state index in [2.05, 4.69) is 10.6 Å². The van der Waals surface area contributed by atoms with Gasteiger partial charge in [-0.25, -0.2) is 4.90 Å². The number of rotatable bonds is 6. The third-order valence-electron chi connectivity index (χ3n) is 6.27. The molecule has 1 saturated carbocycles. The smallest absolute Gasteiger partial charge is 0.353 e. The minimum Gasteiger partial charge on any atom is -0.353 e. The first-order valence-corrected chi connectivity index (χ1v) is 12.1. The van der Waals surface area contributed by atoms with Gasteiger partial charge in [0.15, 0.2) is 0 Å². The summed E-state index contributed by atoms with van der Waals surface area (Å²) in [6.07, 6.45) is 2.21. The second-order valence-corrected chi connectivity index (χ2v) is 9.32. The molecular weight excluding hydrogens is 495 g/mol. The van der Waals surface area contributed by atoms with E-state index >= 15 is 0 Å². The Hall–Kier alpha value is -3.33. The molecule has 3 amide bonds.